The van der Waals surface area contributed by atoms with Crippen molar-refractivity contribution >= 4 is 38.7 Å². The molecule has 8 heteroatoms. The average molecular weight is 295 g/mol. The van der Waals surface area contributed by atoms with Crippen molar-refractivity contribution in [3.63, 3.8) is 0 Å². The number of aliphatic hydroxyl groups excluding tert-OH is 1. The average Bonchev–Trinajstić information content (AvgIpc) is 2.76. The Bertz CT molecular complexity index is 655. The fourth-order valence-electron chi connectivity index (χ4n) is 1.56. The molecule has 0 aliphatic rings. The Kier molecular flexibility index (Phi) is 4.16. The van der Waals surface area contributed by atoms with E-state index in [9.17, 15) is 9.59 Å². The van der Waals surface area contributed by atoms with Crippen molar-refractivity contribution in [1.82, 2.24) is 10.3 Å². The van der Waals surface area contributed by atoms with E-state index in [1.54, 1.807) is 0 Å². The van der Waals surface area contributed by atoms with Gasteiger partial charge in [-0.15, -0.1) is 0 Å². The number of benzene rings is 1. The monoisotopic (exact) mass is 295 g/mol. The molecule has 0 unspecified atom stereocenters. The SMILES string of the molecule is Cc1ccc2nc(NC(=O)N[C@@H](CO)C(=O)O)sc2c1. The molecule has 0 saturated carbocycles. The molecule has 106 valence electrons. The minimum Gasteiger partial charge on any atom is -0.480 e. The van der Waals surface area contributed by atoms with Crippen molar-refractivity contribution in [2.75, 3.05) is 11.9 Å². The van der Waals surface area contributed by atoms with Gasteiger partial charge in [-0.05, 0) is 24.6 Å². The Labute approximate surface area is 118 Å². The maximum atomic E-state index is 11.6. The van der Waals surface area contributed by atoms with Gasteiger partial charge in [-0.2, -0.15) is 0 Å². The topological polar surface area (TPSA) is 112 Å². The Hall–Kier alpha value is -2.19. The number of hydrogen-bond donors (Lipinski definition) is 4. The van der Waals surface area contributed by atoms with Crippen LogP contribution in [0.25, 0.3) is 10.2 Å². The minimum absolute atomic E-state index is 0.366. The van der Waals surface area contributed by atoms with Crippen molar-refractivity contribution in [2.45, 2.75) is 13.0 Å². The lowest BCUT2D eigenvalue weighted by molar-refractivity contribution is -0.140. The molecule has 20 heavy (non-hydrogen) atoms. The number of aliphatic hydroxyl groups is 1. The largest absolute Gasteiger partial charge is 0.480 e. The van der Waals surface area contributed by atoms with Gasteiger partial charge in [-0.25, -0.2) is 14.6 Å². The fraction of sp³-hybridized carbons (Fsp3) is 0.250. The highest BCUT2D eigenvalue weighted by atomic mass is 32.1. The van der Waals surface area contributed by atoms with Gasteiger partial charge in [-0.1, -0.05) is 17.4 Å². The van der Waals surface area contributed by atoms with Crippen LogP contribution in [0, 0.1) is 6.92 Å². The van der Waals surface area contributed by atoms with Gasteiger partial charge in [0, 0.05) is 0 Å². The molecule has 1 aromatic heterocycles. The van der Waals surface area contributed by atoms with Crippen LogP contribution in [0.4, 0.5) is 9.93 Å². The molecule has 0 radical (unpaired) electrons. The van der Waals surface area contributed by atoms with E-state index in [1.165, 1.54) is 11.3 Å². The molecule has 2 aromatic rings. The maximum Gasteiger partial charge on any atom is 0.328 e. The van der Waals surface area contributed by atoms with Gasteiger partial charge < -0.3 is 15.5 Å². The number of carbonyl (C=O) groups excluding carboxylic acids is 1. The zero-order valence-corrected chi connectivity index (χ0v) is 11.4. The standard InChI is InChI=1S/C12H13N3O4S/c1-6-2-3-7-9(4-6)20-12(14-7)15-11(19)13-8(5-16)10(17)18/h2-4,8,16H,5H2,1H3,(H,17,18)(H2,13,14,15,19)/t8-/m0/s1. The molecule has 0 bridgehead atoms. The van der Waals surface area contributed by atoms with Crippen molar-refractivity contribution in [3.05, 3.63) is 23.8 Å². The number of hydrogen-bond acceptors (Lipinski definition) is 5. The van der Waals surface area contributed by atoms with Crippen LogP contribution in [0.15, 0.2) is 18.2 Å². The van der Waals surface area contributed by atoms with E-state index in [0.717, 1.165) is 15.8 Å². The number of anilines is 1. The number of aromatic nitrogens is 1. The van der Waals surface area contributed by atoms with Crippen LogP contribution in [0.3, 0.4) is 0 Å². The lowest BCUT2D eigenvalue weighted by atomic mass is 10.2. The maximum absolute atomic E-state index is 11.6. The Morgan fingerprint density at radius 1 is 1.45 bits per heavy atom. The molecular weight excluding hydrogens is 282 g/mol. The van der Waals surface area contributed by atoms with Crippen LogP contribution in [-0.2, 0) is 4.79 Å². The van der Waals surface area contributed by atoms with Crippen LogP contribution < -0.4 is 10.6 Å². The number of amides is 2. The summed E-state index contributed by atoms with van der Waals surface area (Å²) in [6.07, 6.45) is 0. The second-order valence-corrected chi connectivity index (χ2v) is 5.19. The molecule has 7 nitrogen and oxygen atoms in total. The van der Waals surface area contributed by atoms with Gasteiger partial charge in [0.1, 0.15) is 0 Å². The second kappa shape index (κ2) is 5.85. The van der Waals surface area contributed by atoms with E-state index in [4.69, 9.17) is 10.2 Å². The summed E-state index contributed by atoms with van der Waals surface area (Å²) < 4.78 is 0.928. The molecule has 1 aromatic carbocycles. The molecule has 1 atom stereocenters. The summed E-state index contributed by atoms with van der Waals surface area (Å²) in [6.45, 7) is 1.28. The Balaban J connectivity index is 2.08. The third-order valence-electron chi connectivity index (χ3n) is 2.55. The highest BCUT2D eigenvalue weighted by molar-refractivity contribution is 7.22. The first-order chi connectivity index (χ1) is 9.49. The zero-order chi connectivity index (χ0) is 14.7. The number of urea groups is 1. The number of rotatable bonds is 4. The van der Waals surface area contributed by atoms with Gasteiger partial charge in [0.15, 0.2) is 11.2 Å². The third-order valence-corrected chi connectivity index (χ3v) is 3.48. The van der Waals surface area contributed by atoms with Gasteiger partial charge in [0.05, 0.1) is 16.8 Å². The number of fused-ring (bicyclic) bond motifs is 1. The molecule has 1 heterocycles. The predicted octanol–water partition coefficient (Wildman–Crippen LogP) is 1.17. The molecule has 4 N–H and O–H groups in total. The minimum atomic E-state index is -1.34. The molecule has 0 spiro atoms. The van der Waals surface area contributed by atoms with E-state index in [1.807, 2.05) is 25.1 Å². The summed E-state index contributed by atoms with van der Waals surface area (Å²) >= 11 is 1.29. The molecule has 2 amide bonds. The highest BCUT2D eigenvalue weighted by Gasteiger charge is 2.19. The van der Waals surface area contributed by atoms with Crippen LogP contribution in [0.2, 0.25) is 0 Å². The first-order valence-electron chi connectivity index (χ1n) is 5.78. The fourth-order valence-corrected chi connectivity index (χ4v) is 2.52. The van der Waals surface area contributed by atoms with Gasteiger partial charge in [0.2, 0.25) is 0 Å². The summed E-state index contributed by atoms with van der Waals surface area (Å²) in [5, 5.41) is 22.5. The third kappa shape index (κ3) is 3.22. The summed E-state index contributed by atoms with van der Waals surface area (Å²) in [4.78, 5) is 26.5. The number of carboxylic acids is 1. The number of nitrogens with one attached hydrogen (secondary N) is 2. The highest BCUT2D eigenvalue weighted by Crippen LogP contribution is 2.26. The number of nitrogens with zero attached hydrogens (tertiary/aromatic N) is 1. The van der Waals surface area contributed by atoms with Crippen molar-refractivity contribution < 1.29 is 19.8 Å². The summed E-state index contributed by atoms with van der Waals surface area (Å²) in [6, 6.07) is 3.65. The number of aryl methyl sites for hydroxylation is 1. The summed E-state index contributed by atoms with van der Waals surface area (Å²) in [5.74, 6) is -1.30. The first kappa shape index (κ1) is 14.2. The van der Waals surface area contributed by atoms with E-state index in [-0.39, 0.29) is 0 Å². The van der Waals surface area contributed by atoms with Gasteiger partial charge in [0.25, 0.3) is 0 Å². The Morgan fingerprint density at radius 2 is 2.20 bits per heavy atom. The van der Waals surface area contributed by atoms with Gasteiger partial charge in [-0.3, -0.25) is 5.32 Å². The van der Waals surface area contributed by atoms with E-state index in [0.29, 0.717) is 5.13 Å². The Morgan fingerprint density at radius 3 is 2.85 bits per heavy atom. The van der Waals surface area contributed by atoms with Gasteiger partial charge >= 0.3 is 12.0 Å². The van der Waals surface area contributed by atoms with Crippen LogP contribution in [0.5, 0.6) is 0 Å². The van der Waals surface area contributed by atoms with Crippen molar-refractivity contribution in [3.8, 4) is 0 Å². The second-order valence-electron chi connectivity index (χ2n) is 4.16. The smallest absolute Gasteiger partial charge is 0.328 e. The number of aliphatic carboxylic acids is 1. The van der Waals surface area contributed by atoms with Crippen molar-refractivity contribution in [2.24, 2.45) is 0 Å². The van der Waals surface area contributed by atoms with E-state index in [2.05, 4.69) is 15.6 Å². The van der Waals surface area contributed by atoms with Crippen LogP contribution in [-0.4, -0.2) is 39.8 Å². The molecular formula is C12H13N3O4S. The molecule has 0 aliphatic heterocycles. The molecule has 0 saturated heterocycles. The van der Waals surface area contributed by atoms with Crippen LogP contribution in [0.1, 0.15) is 5.56 Å². The van der Waals surface area contributed by atoms with Crippen LogP contribution >= 0.6 is 11.3 Å². The van der Waals surface area contributed by atoms with E-state index >= 15 is 0 Å². The number of carboxylic acid groups (broad SMARTS) is 1. The first-order valence-corrected chi connectivity index (χ1v) is 6.59. The normalized spacial score (nSPS) is 12.1. The van der Waals surface area contributed by atoms with Crippen molar-refractivity contribution in [1.29, 1.82) is 0 Å². The lowest BCUT2D eigenvalue weighted by Gasteiger charge is -2.11. The summed E-state index contributed by atoms with van der Waals surface area (Å²) in [7, 11) is 0. The molecule has 2 rings (SSSR count). The molecule has 0 fully saturated rings. The quantitative estimate of drug-likeness (QED) is 0.676. The number of carbonyl (C=O) groups is 2. The summed E-state index contributed by atoms with van der Waals surface area (Å²) in [5.41, 5.74) is 1.84. The zero-order valence-electron chi connectivity index (χ0n) is 10.6. The molecule has 0 aliphatic carbocycles. The number of thiazole rings is 1. The van der Waals surface area contributed by atoms with E-state index < -0.39 is 24.6 Å². The predicted molar refractivity (Wildman–Crippen MR) is 75.0 cm³/mol. The lowest BCUT2D eigenvalue weighted by Crippen LogP contribution is -2.45.